The first-order chi connectivity index (χ1) is 7.61. The van der Waals surface area contributed by atoms with Crippen molar-refractivity contribution in [3.8, 4) is 0 Å². The molecule has 1 aliphatic rings. The van der Waals surface area contributed by atoms with Crippen LogP contribution in [-0.2, 0) is 4.79 Å². The van der Waals surface area contributed by atoms with Crippen molar-refractivity contribution in [2.75, 3.05) is 6.54 Å². The van der Waals surface area contributed by atoms with Crippen molar-refractivity contribution in [1.29, 1.82) is 0 Å². The third-order valence-electron chi connectivity index (χ3n) is 3.47. The molecule has 0 aliphatic heterocycles. The van der Waals surface area contributed by atoms with Crippen molar-refractivity contribution in [2.45, 2.75) is 58.4 Å². The Hall–Kier alpha value is -0.570. The molecule has 1 aliphatic carbocycles. The first-order valence-corrected chi connectivity index (χ1v) is 6.57. The molecule has 2 N–H and O–H groups in total. The summed E-state index contributed by atoms with van der Waals surface area (Å²) in [5.74, 6) is 0.308. The second kappa shape index (κ2) is 6.89. The third kappa shape index (κ3) is 4.52. The van der Waals surface area contributed by atoms with Gasteiger partial charge in [0.05, 0.1) is 0 Å². The maximum absolute atomic E-state index is 11.2. The number of aliphatic carboxylic acids is 1. The van der Waals surface area contributed by atoms with E-state index in [2.05, 4.69) is 19.2 Å². The van der Waals surface area contributed by atoms with Gasteiger partial charge < -0.3 is 10.4 Å². The topological polar surface area (TPSA) is 49.3 Å². The molecule has 0 amide bonds. The SMILES string of the molecule is CC(C)CCN[C@H](C(=O)O)C1CCCCC1. The lowest BCUT2D eigenvalue weighted by Crippen LogP contribution is -2.44. The Labute approximate surface area is 98.6 Å². The van der Waals surface area contributed by atoms with Gasteiger partial charge in [-0.15, -0.1) is 0 Å². The lowest BCUT2D eigenvalue weighted by molar-refractivity contribution is -0.141. The van der Waals surface area contributed by atoms with Crippen LogP contribution in [0.25, 0.3) is 0 Å². The number of carboxylic acids is 1. The Bertz CT molecular complexity index is 210. The van der Waals surface area contributed by atoms with Gasteiger partial charge in [0.1, 0.15) is 6.04 Å². The van der Waals surface area contributed by atoms with E-state index in [4.69, 9.17) is 0 Å². The molecule has 1 saturated carbocycles. The van der Waals surface area contributed by atoms with Gasteiger partial charge in [0.15, 0.2) is 0 Å². The fraction of sp³-hybridized carbons (Fsp3) is 0.923. The maximum atomic E-state index is 11.2. The Balaban J connectivity index is 2.37. The van der Waals surface area contributed by atoms with Gasteiger partial charge >= 0.3 is 5.97 Å². The van der Waals surface area contributed by atoms with E-state index in [-0.39, 0.29) is 6.04 Å². The molecule has 0 saturated heterocycles. The molecule has 1 atom stereocenters. The zero-order valence-electron chi connectivity index (χ0n) is 10.5. The van der Waals surface area contributed by atoms with Crippen molar-refractivity contribution in [1.82, 2.24) is 5.32 Å². The quantitative estimate of drug-likeness (QED) is 0.733. The summed E-state index contributed by atoms with van der Waals surface area (Å²) in [6, 6.07) is -0.320. The smallest absolute Gasteiger partial charge is 0.320 e. The average molecular weight is 227 g/mol. The van der Waals surface area contributed by atoms with Crippen LogP contribution in [0.3, 0.4) is 0 Å². The summed E-state index contributed by atoms with van der Waals surface area (Å²) in [6.45, 7) is 5.15. The van der Waals surface area contributed by atoms with Crippen molar-refractivity contribution in [3.63, 3.8) is 0 Å². The largest absolute Gasteiger partial charge is 0.480 e. The van der Waals surface area contributed by atoms with E-state index in [1.165, 1.54) is 19.3 Å². The monoisotopic (exact) mass is 227 g/mol. The summed E-state index contributed by atoms with van der Waals surface area (Å²) in [6.07, 6.45) is 6.86. The fourth-order valence-electron chi connectivity index (χ4n) is 2.45. The molecular weight excluding hydrogens is 202 g/mol. The number of hydrogen-bond acceptors (Lipinski definition) is 2. The van der Waals surface area contributed by atoms with Crippen molar-refractivity contribution in [3.05, 3.63) is 0 Å². The van der Waals surface area contributed by atoms with Gasteiger partial charge in [-0.3, -0.25) is 4.79 Å². The zero-order valence-corrected chi connectivity index (χ0v) is 10.5. The van der Waals surface area contributed by atoms with E-state index in [1.807, 2.05) is 0 Å². The molecule has 0 radical (unpaired) electrons. The molecule has 1 rings (SSSR count). The first kappa shape index (κ1) is 13.5. The molecule has 3 nitrogen and oxygen atoms in total. The van der Waals surface area contributed by atoms with E-state index in [0.29, 0.717) is 11.8 Å². The van der Waals surface area contributed by atoms with Crippen molar-refractivity contribution in [2.24, 2.45) is 11.8 Å². The molecule has 3 heteroatoms. The van der Waals surface area contributed by atoms with Gasteiger partial charge in [-0.05, 0) is 37.6 Å². The summed E-state index contributed by atoms with van der Waals surface area (Å²) in [4.78, 5) is 11.2. The molecule has 1 fully saturated rings. The van der Waals surface area contributed by atoms with Crippen LogP contribution < -0.4 is 5.32 Å². The lowest BCUT2D eigenvalue weighted by Gasteiger charge is -2.28. The summed E-state index contributed by atoms with van der Waals surface area (Å²) >= 11 is 0. The minimum absolute atomic E-state index is 0.320. The van der Waals surface area contributed by atoms with Crippen LogP contribution >= 0.6 is 0 Å². The minimum atomic E-state index is -0.671. The van der Waals surface area contributed by atoms with Crippen LogP contribution in [0, 0.1) is 11.8 Å². The van der Waals surface area contributed by atoms with E-state index in [0.717, 1.165) is 25.8 Å². The predicted octanol–water partition coefficient (Wildman–Crippen LogP) is 2.66. The summed E-state index contributed by atoms with van der Waals surface area (Å²) in [5, 5.41) is 12.4. The van der Waals surface area contributed by atoms with Crippen LogP contribution in [-0.4, -0.2) is 23.7 Å². The Morgan fingerprint density at radius 3 is 2.44 bits per heavy atom. The maximum Gasteiger partial charge on any atom is 0.320 e. The summed E-state index contributed by atoms with van der Waals surface area (Å²) in [7, 11) is 0. The lowest BCUT2D eigenvalue weighted by atomic mass is 9.84. The van der Waals surface area contributed by atoms with Gasteiger partial charge in [-0.2, -0.15) is 0 Å². The molecular formula is C13H25NO2. The Morgan fingerprint density at radius 2 is 1.94 bits per heavy atom. The molecule has 0 spiro atoms. The highest BCUT2D eigenvalue weighted by molar-refractivity contribution is 5.73. The normalized spacial score (nSPS) is 19.9. The van der Waals surface area contributed by atoms with Gasteiger partial charge in [0.25, 0.3) is 0 Å². The molecule has 94 valence electrons. The minimum Gasteiger partial charge on any atom is -0.480 e. The number of carboxylic acid groups (broad SMARTS) is 1. The van der Waals surface area contributed by atoms with Crippen LogP contribution in [0.15, 0.2) is 0 Å². The summed E-state index contributed by atoms with van der Waals surface area (Å²) in [5.41, 5.74) is 0. The van der Waals surface area contributed by atoms with Gasteiger partial charge in [-0.25, -0.2) is 0 Å². The van der Waals surface area contributed by atoms with Crippen molar-refractivity contribution < 1.29 is 9.90 Å². The highest BCUT2D eigenvalue weighted by atomic mass is 16.4. The van der Waals surface area contributed by atoms with E-state index in [9.17, 15) is 9.90 Å². The van der Waals surface area contributed by atoms with E-state index in [1.54, 1.807) is 0 Å². The molecule has 0 unspecified atom stereocenters. The first-order valence-electron chi connectivity index (χ1n) is 6.57. The van der Waals surface area contributed by atoms with Crippen LogP contribution in [0.2, 0.25) is 0 Å². The van der Waals surface area contributed by atoms with Crippen LogP contribution in [0.1, 0.15) is 52.4 Å². The molecule has 0 aromatic carbocycles. The molecule has 0 aromatic rings. The number of rotatable bonds is 6. The Kier molecular flexibility index (Phi) is 5.81. The molecule has 0 heterocycles. The Morgan fingerprint density at radius 1 is 1.31 bits per heavy atom. The highest BCUT2D eigenvalue weighted by Gasteiger charge is 2.28. The molecule has 16 heavy (non-hydrogen) atoms. The predicted molar refractivity (Wildman–Crippen MR) is 65.5 cm³/mol. The van der Waals surface area contributed by atoms with Crippen molar-refractivity contribution >= 4 is 5.97 Å². The van der Waals surface area contributed by atoms with Gasteiger partial charge in [-0.1, -0.05) is 33.1 Å². The molecule has 0 bridgehead atoms. The van der Waals surface area contributed by atoms with Gasteiger partial charge in [0, 0.05) is 0 Å². The number of nitrogens with one attached hydrogen (secondary N) is 1. The standard InChI is InChI=1S/C13H25NO2/c1-10(2)8-9-14-12(13(15)16)11-6-4-3-5-7-11/h10-12,14H,3-9H2,1-2H3,(H,15,16)/t12-/m0/s1. The average Bonchev–Trinajstić information content (AvgIpc) is 2.25. The molecule has 0 aromatic heterocycles. The second-order valence-corrected chi connectivity index (χ2v) is 5.35. The zero-order chi connectivity index (χ0) is 12.0. The van der Waals surface area contributed by atoms with E-state index >= 15 is 0 Å². The highest BCUT2D eigenvalue weighted by Crippen LogP contribution is 2.26. The van der Waals surface area contributed by atoms with Gasteiger partial charge in [0.2, 0.25) is 0 Å². The second-order valence-electron chi connectivity index (χ2n) is 5.35. The summed E-state index contributed by atoms with van der Waals surface area (Å²) < 4.78 is 0. The van der Waals surface area contributed by atoms with E-state index < -0.39 is 5.97 Å². The number of hydrogen-bond donors (Lipinski definition) is 2. The fourth-order valence-corrected chi connectivity index (χ4v) is 2.45. The van der Waals surface area contributed by atoms with Crippen LogP contribution in [0.4, 0.5) is 0 Å². The van der Waals surface area contributed by atoms with Crippen LogP contribution in [0.5, 0.6) is 0 Å². The number of carbonyl (C=O) groups is 1. The third-order valence-corrected chi connectivity index (χ3v) is 3.47.